The minimum atomic E-state index is -0.595. The molecule has 5 heteroatoms. The van der Waals surface area contributed by atoms with Crippen LogP contribution in [0.15, 0.2) is 0 Å². The second kappa shape index (κ2) is 5.80. The SMILES string of the molecule is CC(C)(Br)C(=O)OCCN.Cl. The number of carbonyl (C=O) groups is 1. The molecule has 0 atom stereocenters. The van der Waals surface area contributed by atoms with Crippen molar-refractivity contribution in [1.82, 2.24) is 0 Å². The molecule has 0 rings (SSSR count). The Hall–Kier alpha value is 0.200. The maximum Gasteiger partial charge on any atom is 0.322 e. The van der Waals surface area contributed by atoms with Gasteiger partial charge in [-0.3, -0.25) is 4.79 Å². The van der Waals surface area contributed by atoms with Gasteiger partial charge in [-0.05, 0) is 13.8 Å². The molecule has 0 aliphatic heterocycles. The first kappa shape index (κ1) is 13.8. The molecule has 0 saturated carbocycles. The molecule has 0 aromatic carbocycles. The zero-order chi connectivity index (χ0) is 8.20. The number of halogens is 2. The highest BCUT2D eigenvalue weighted by atomic mass is 79.9. The summed E-state index contributed by atoms with van der Waals surface area (Å²) in [4.78, 5) is 10.9. The van der Waals surface area contributed by atoms with Crippen molar-refractivity contribution in [3.63, 3.8) is 0 Å². The Kier molecular flexibility index (Phi) is 7.26. The van der Waals surface area contributed by atoms with E-state index in [0.29, 0.717) is 6.54 Å². The molecule has 0 fully saturated rings. The van der Waals surface area contributed by atoms with Crippen LogP contribution in [0, 0.1) is 0 Å². The van der Waals surface area contributed by atoms with Gasteiger partial charge in [0.05, 0.1) is 0 Å². The highest BCUT2D eigenvalue weighted by molar-refractivity contribution is 9.10. The van der Waals surface area contributed by atoms with Gasteiger partial charge in [-0.2, -0.15) is 0 Å². The quantitative estimate of drug-likeness (QED) is 0.599. The zero-order valence-corrected chi connectivity index (χ0v) is 9.00. The van der Waals surface area contributed by atoms with Gasteiger partial charge in [-0.15, -0.1) is 12.4 Å². The molecule has 0 aromatic heterocycles. The number of alkyl halides is 1. The molecule has 0 spiro atoms. The summed E-state index contributed by atoms with van der Waals surface area (Å²) in [6.07, 6.45) is 0. The molecule has 2 N–H and O–H groups in total. The van der Waals surface area contributed by atoms with E-state index in [9.17, 15) is 4.79 Å². The summed E-state index contributed by atoms with van der Waals surface area (Å²) >= 11 is 3.16. The fraction of sp³-hybridized carbons (Fsp3) is 0.833. The van der Waals surface area contributed by atoms with E-state index in [1.165, 1.54) is 0 Å². The first-order valence-corrected chi connectivity index (χ1v) is 3.84. The highest BCUT2D eigenvalue weighted by Crippen LogP contribution is 2.16. The smallest absolute Gasteiger partial charge is 0.322 e. The molecule has 0 unspecified atom stereocenters. The monoisotopic (exact) mass is 245 g/mol. The van der Waals surface area contributed by atoms with E-state index in [0.717, 1.165) is 0 Å². The largest absolute Gasteiger partial charge is 0.463 e. The van der Waals surface area contributed by atoms with Crippen LogP contribution in [0.1, 0.15) is 13.8 Å². The van der Waals surface area contributed by atoms with E-state index < -0.39 is 4.32 Å². The summed E-state index contributed by atoms with van der Waals surface area (Å²) in [5.41, 5.74) is 5.13. The molecule has 11 heavy (non-hydrogen) atoms. The normalized spacial score (nSPS) is 10.2. The lowest BCUT2D eigenvalue weighted by Gasteiger charge is -2.13. The Labute approximate surface area is 81.2 Å². The molecule has 0 aromatic rings. The van der Waals surface area contributed by atoms with Crippen LogP contribution >= 0.6 is 28.3 Å². The lowest BCUT2D eigenvalue weighted by atomic mass is 10.2. The summed E-state index contributed by atoms with van der Waals surface area (Å²) in [5, 5.41) is 0. The molecule has 0 aliphatic rings. The van der Waals surface area contributed by atoms with Crippen LogP contribution < -0.4 is 5.73 Å². The second-order valence-corrected chi connectivity index (χ2v) is 4.38. The van der Waals surface area contributed by atoms with Crippen LogP contribution in [-0.4, -0.2) is 23.4 Å². The molecule has 0 heterocycles. The maximum atomic E-state index is 10.9. The fourth-order valence-electron chi connectivity index (χ4n) is 0.323. The summed E-state index contributed by atoms with van der Waals surface area (Å²) in [7, 11) is 0. The van der Waals surface area contributed by atoms with Crippen LogP contribution in [0.2, 0.25) is 0 Å². The minimum Gasteiger partial charge on any atom is -0.463 e. The van der Waals surface area contributed by atoms with Gasteiger partial charge in [0.25, 0.3) is 0 Å². The zero-order valence-electron chi connectivity index (χ0n) is 6.59. The molecular weight excluding hydrogens is 233 g/mol. The summed E-state index contributed by atoms with van der Waals surface area (Å²) < 4.78 is 4.15. The van der Waals surface area contributed by atoms with E-state index >= 15 is 0 Å². The number of hydrogen-bond acceptors (Lipinski definition) is 3. The third-order valence-corrected chi connectivity index (χ3v) is 1.16. The van der Waals surface area contributed by atoms with E-state index in [4.69, 9.17) is 10.5 Å². The number of rotatable bonds is 3. The lowest BCUT2D eigenvalue weighted by Crippen LogP contribution is -2.28. The number of esters is 1. The third-order valence-electron chi connectivity index (χ3n) is 0.836. The summed E-state index contributed by atoms with van der Waals surface area (Å²) in [6, 6.07) is 0. The van der Waals surface area contributed by atoms with Gasteiger partial charge < -0.3 is 10.5 Å². The molecule has 0 saturated heterocycles. The Balaban J connectivity index is 0. The minimum absolute atomic E-state index is 0. The number of hydrogen-bond donors (Lipinski definition) is 1. The molecule has 0 bridgehead atoms. The van der Waals surface area contributed by atoms with E-state index in [1.807, 2.05) is 0 Å². The van der Waals surface area contributed by atoms with Crippen LogP contribution in [0.25, 0.3) is 0 Å². The first-order chi connectivity index (χ1) is 4.48. The van der Waals surface area contributed by atoms with Gasteiger partial charge in [0, 0.05) is 6.54 Å². The summed E-state index contributed by atoms with van der Waals surface area (Å²) in [6.45, 7) is 4.11. The van der Waals surface area contributed by atoms with E-state index in [1.54, 1.807) is 13.8 Å². The van der Waals surface area contributed by atoms with Crippen molar-refractivity contribution in [2.75, 3.05) is 13.2 Å². The predicted molar refractivity (Wildman–Crippen MR) is 50.3 cm³/mol. The number of carbonyl (C=O) groups excluding carboxylic acids is 1. The standard InChI is InChI=1S/C6H12BrNO2.ClH/c1-6(2,7)5(9)10-4-3-8;/h3-4,8H2,1-2H3;1H. The molecule has 3 nitrogen and oxygen atoms in total. The number of nitrogens with two attached hydrogens (primary N) is 1. The average Bonchev–Trinajstić information content (AvgIpc) is 1.80. The third kappa shape index (κ3) is 6.59. The van der Waals surface area contributed by atoms with Gasteiger partial charge in [0.1, 0.15) is 10.9 Å². The van der Waals surface area contributed by atoms with Crippen molar-refractivity contribution in [2.24, 2.45) is 5.73 Å². The molecule has 0 amide bonds. The van der Waals surface area contributed by atoms with Crippen LogP contribution in [0.4, 0.5) is 0 Å². The van der Waals surface area contributed by atoms with Crippen molar-refractivity contribution in [3.8, 4) is 0 Å². The predicted octanol–water partition coefficient (Wildman–Crippen LogP) is 1.08. The topological polar surface area (TPSA) is 52.3 Å². The van der Waals surface area contributed by atoms with Crippen molar-refractivity contribution >= 4 is 34.3 Å². The first-order valence-electron chi connectivity index (χ1n) is 3.04. The molecule has 0 aliphatic carbocycles. The van der Waals surface area contributed by atoms with Gasteiger partial charge >= 0.3 is 5.97 Å². The van der Waals surface area contributed by atoms with E-state index in [2.05, 4.69) is 15.9 Å². The Morgan fingerprint density at radius 1 is 1.64 bits per heavy atom. The van der Waals surface area contributed by atoms with E-state index in [-0.39, 0.29) is 25.0 Å². The van der Waals surface area contributed by atoms with Gasteiger partial charge in [0.15, 0.2) is 0 Å². The maximum absolute atomic E-state index is 10.9. The van der Waals surface area contributed by atoms with Crippen molar-refractivity contribution in [3.05, 3.63) is 0 Å². The highest BCUT2D eigenvalue weighted by Gasteiger charge is 2.24. The number of ether oxygens (including phenoxy) is 1. The van der Waals surface area contributed by atoms with Crippen LogP contribution in [-0.2, 0) is 9.53 Å². The van der Waals surface area contributed by atoms with Crippen molar-refractivity contribution in [1.29, 1.82) is 0 Å². The van der Waals surface area contributed by atoms with Gasteiger partial charge in [-0.25, -0.2) is 0 Å². The summed E-state index contributed by atoms with van der Waals surface area (Å²) in [5.74, 6) is -0.280. The average molecular weight is 247 g/mol. The fourth-order valence-corrected chi connectivity index (χ4v) is 0.438. The van der Waals surface area contributed by atoms with Crippen LogP contribution in [0.5, 0.6) is 0 Å². The second-order valence-electron chi connectivity index (χ2n) is 2.40. The van der Waals surface area contributed by atoms with Crippen molar-refractivity contribution in [2.45, 2.75) is 18.2 Å². The van der Waals surface area contributed by atoms with Gasteiger partial charge in [0.2, 0.25) is 0 Å². The Morgan fingerprint density at radius 3 is 2.36 bits per heavy atom. The molecular formula is C6H13BrClNO2. The van der Waals surface area contributed by atoms with Gasteiger partial charge in [-0.1, -0.05) is 15.9 Å². The molecule has 68 valence electrons. The van der Waals surface area contributed by atoms with Crippen molar-refractivity contribution < 1.29 is 9.53 Å². The molecule has 0 radical (unpaired) electrons. The Bertz CT molecular complexity index is 124. The van der Waals surface area contributed by atoms with Crippen LogP contribution in [0.3, 0.4) is 0 Å². The Morgan fingerprint density at radius 2 is 2.09 bits per heavy atom. The lowest BCUT2D eigenvalue weighted by molar-refractivity contribution is -0.145.